The first-order chi connectivity index (χ1) is 16.9. The van der Waals surface area contributed by atoms with E-state index < -0.39 is 46.9 Å². The van der Waals surface area contributed by atoms with Crippen LogP contribution in [0.25, 0.3) is 0 Å². The van der Waals surface area contributed by atoms with Crippen molar-refractivity contribution >= 4 is 23.5 Å². The first-order valence-electron chi connectivity index (χ1n) is 10.8. The highest BCUT2D eigenvalue weighted by Gasteiger charge is 2.48. The van der Waals surface area contributed by atoms with Crippen molar-refractivity contribution in [3.05, 3.63) is 71.3 Å². The highest BCUT2D eigenvalue weighted by Crippen LogP contribution is 2.33. The van der Waals surface area contributed by atoms with Gasteiger partial charge in [-0.2, -0.15) is 13.2 Å². The molecular formula is C23H20F5N5O3. The van der Waals surface area contributed by atoms with Crippen LogP contribution in [0.15, 0.2) is 48.4 Å². The van der Waals surface area contributed by atoms with E-state index in [1.807, 2.05) is 0 Å². The fourth-order valence-electron chi connectivity index (χ4n) is 4.24. The Labute approximate surface area is 201 Å². The maximum atomic E-state index is 13.6. The zero-order chi connectivity index (χ0) is 26.3. The minimum absolute atomic E-state index is 0.00340. The van der Waals surface area contributed by atoms with Gasteiger partial charge in [-0.1, -0.05) is 6.07 Å². The van der Waals surface area contributed by atoms with Gasteiger partial charge in [-0.3, -0.25) is 19.9 Å². The molecule has 0 spiro atoms. The lowest BCUT2D eigenvalue weighted by atomic mass is 9.86. The predicted octanol–water partition coefficient (Wildman–Crippen LogP) is 3.40. The number of hydrogen-bond acceptors (Lipinski definition) is 5. The highest BCUT2D eigenvalue weighted by molar-refractivity contribution is 6.07. The summed E-state index contributed by atoms with van der Waals surface area (Å²) >= 11 is 0. The fraction of sp³-hybridized carbons (Fsp3) is 0.304. The summed E-state index contributed by atoms with van der Waals surface area (Å²) in [7, 11) is 0. The van der Waals surface area contributed by atoms with Crippen LogP contribution in [0.1, 0.15) is 31.0 Å². The molecule has 1 saturated heterocycles. The summed E-state index contributed by atoms with van der Waals surface area (Å²) in [6.45, 7) is 2.06. The van der Waals surface area contributed by atoms with Crippen molar-refractivity contribution in [1.82, 2.24) is 20.5 Å². The van der Waals surface area contributed by atoms with Crippen molar-refractivity contribution in [2.45, 2.75) is 31.5 Å². The van der Waals surface area contributed by atoms with Crippen LogP contribution < -0.4 is 15.5 Å². The predicted molar refractivity (Wildman–Crippen MR) is 116 cm³/mol. The van der Waals surface area contributed by atoms with Crippen LogP contribution in [0.3, 0.4) is 0 Å². The molecule has 2 aliphatic heterocycles. The van der Waals surface area contributed by atoms with E-state index in [0.717, 1.165) is 18.3 Å². The quantitative estimate of drug-likeness (QED) is 0.476. The molecule has 0 radical (unpaired) electrons. The standard InChI is InChI=1S/C23H20F5N5O3/c1-13-12-32(6-7-33(13)17-9-15(24)8-16(25)10-17)19(34)4-5-22(20(35)30-21(36)31-22)14-2-3-18(29-11-14)23(26,27)28/h2-3,8-12H,4-7H2,1H3,(H2,30,31,35,36). The second-order valence-corrected chi connectivity index (χ2v) is 8.38. The van der Waals surface area contributed by atoms with Crippen molar-refractivity contribution in [2.24, 2.45) is 0 Å². The average molecular weight is 509 g/mol. The van der Waals surface area contributed by atoms with Crippen molar-refractivity contribution in [1.29, 1.82) is 0 Å². The lowest BCUT2D eigenvalue weighted by molar-refractivity contribution is -0.141. The van der Waals surface area contributed by atoms with E-state index in [1.165, 1.54) is 23.2 Å². The Morgan fingerprint density at radius 2 is 1.81 bits per heavy atom. The molecule has 2 N–H and O–H groups in total. The molecule has 4 amide bonds. The lowest BCUT2D eigenvalue weighted by Crippen LogP contribution is -2.46. The number of pyridine rings is 1. The second-order valence-electron chi connectivity index (χ2n) is 8.38. The Balaban J connectivity index is 1.51. The monoisotopic (exact) mass is 509 g/mol. The number of amides is 4. The lowest BCUT2D eigenvalue weighted by Gasteiger charge is -2.35. The number of urea groups is 1. The van der Waals surface area contributed by atoms with Crippen molar-refractivity contribution in [2.75, 3.05) is 18.0 Å². The van der Waals surface area contributed by atoms with Gasteiger partial charge >= 0.3 is 12.2 Å². The van der Waals surface area contributed by atoms with Crippen LogP contribution >= 0.6 is 0 Å². The highest BCUT2D eigenvalue weighted by atomic mass is 19.4. The van der Waals surface area contributed by atoms with Gasteiger partial charge in [0.05, 0.1) is 0 Å². The van der Waals surface area contributed by atoms with E-state index in [-0.39, 0.29) is 37.2 Å². The van der Waals surface area contributed by atoms with Gasteiger partial charge < -0.3 is 15.1 Å². The van der Waals surface area contributed by atoms with Crippen LogP contribution in [0.4, 0.5) is 32.4 Å². The molecule has 0 saturated carbocycles. The third-order valence-corrected chi connectivity index (χ3v) is 6.01. The molecule has 1 unspecified atom stereocenters. The largest absolute Gasteiger partial charge is 0.433 e. The van der Waals surface area contributed by atoms with Gasteiger partial charge in [0, 0.05) is 54.9 Å². The zero-order valence-corrected chi connectivity index (χ0v) is 18.8. The third kappa shape index (κ3) is 4.86. The normalized spacial score (nSPS) is 20.2. The SMILES string of the molecule is CC1=CN(C(=O)CCC2(c3ccc(C(F)(F)F)nc3)NC(=O)NC2=O)CCN1c1cc(F)cc(F)c1. The number of alkyl halides is 3. The summed E-state index contributed by atoms with van der Waals surface area (Å²) in [5.74, 6) is -2.72. The number of carbonyl (C=O) groups excluding carboxylic acids is 3. The Hall–Kier alpha value is -4.03. The van der Waals surface area contributed by atoms with Crippen LogP contribution in [0, 0.1) is 11.6 Å². The number of halogens is 5. The number of hydrogen-bond donors (Lipinski definition) is 2. The molecule has 1 aromatic carbocycles. The first-order valence-corrected chi connectivity index (χ1v) is 10.8. The van der Waals surface area contributed by atoms with Crippen molar-refractivity contribution < 1.29 is 36.3 Å². The van der Waals surface area contributed by atoms with E-state index in [0.29, 0.717) is 11.8 Å². The molecule has 36 heavy (non-hydrogen) atoms. The summed E-state index contributed by atoms with van der Waals surface area (Å²) in [5.41, 5.74) is -2.13. The van der Waals surface area contributed by atoms with E-state index in [9.17, 15) is 36.3 Å². The van der Waals surface area contributed by atoms with E-state index in [4.69, 9.17) is 0 Å². The number of anilines is 1. The van der Waals surface area contributed by atoms with Crippen molar-refractivity contribution in [3.63, 3.8) is 0 Å². The van der Waals surface area contributed by atoms with Crippen LogP contribution in [0.2, 0.25) is 0 Å². The molecule has 0 bridgehead atoms. The maximum absolute atomic E-state index is 13.6. The number of allylic oxidation sites excluding steroid dienone is 1. The van der Waals surface area contributed by atoms with E-state index in [2.05, 4.69) is 15.6 Å². The molecule has 1 fully saturated rings. The number of carbonyl (C=O) groups is 3. The van der Waals surface area contributed by atoms with Gasteiger partial charge in [-0.05, 0) is 31.5 Å². The molecule has 1 atom stereocenters. The Morgan fingerprint density at radius 3 is 2.33 bits per heavy atom. The topological polar surface area (TPSA) is 94.6 Å². The molecule has 190 valence electrons. The summed E-state index contributed by atoms with van der Waals surface area (Å²) in [6, 6.07) is 3.97. The molecule has 13 heteroatoms. The molecule has 8 nitrogen and oxygen atoms in total. The summed E-state index contributed by atoms with van der Waals surface area (Å²) < 4.78 is 65.9. The van der Waals surface area contributed by atoms with Gasteiger partial charge in [0.1, 0.15) is 22.9 Å². The van der Waals surface area contributed by atoms with Gasteiger partial charge in [0.25, 0.3) is 5.91 Å². The molecule has 2 aliphatic rings. The van der Waals surface area contributed by atoms with Gasteiger partial charge in [-0.15, -0.1) is 0 Å². The Bertz CT molecular complexity index is 1230. The fourth-order valence-corrected chi connectivity index (χ4v) is 4.24. The molecule has 0 aliphatic carbocycles. The second kappa shape index (κ2) is 9.21. The average Bonchev–Trinajstić information content (AvgIpc) is 3.10. The smallest absolute Gasteiger partial charge is 0.342 e. The van der Waals surface area contributed by atoms with Crippen LogP contribution in [0.5, 0.6) is 0 Å². The van der Waals surface area contributed by atoms with Gasteiger partial charge in [0.15, 0.2) is 0 Å². The number of benzene rings is 1. The number of aromatic nitrogens is 1. The van der Waals surface area contributed by atoms with Crippen LogP contribution in [-0.4, -0.2) is 40.8 Å². The third-order valence-electron chi connectivity index (χ3n) is 6.01. The number of nitrogens with zero attached hydrogens (tertiary/aromatic N) is 3. The number of rotatable bonds is 5. The Morgan fingerprint density at radius 1 is 1.11 bits per heavy atom. The zero-order valence-electron chi connectivity index (χ0n) is 18.8. The molecule has 1 aromatic heterocycles. The van der Waals surface area contributed by atoms with E-state index >= 15 is 0 Å². The van der Waals surface area contributed by atoms with Gasteiger partial charge in [0.2, 0.25) is 5.91 Å². The maximum Gasteiger partial charge on any atom is 0.433 e. The summed E-state index contributed by atoms with van der Waals surface area (Å²) in [4.78, 5) is 43.8. The summed E-state index contributed by atoms with van der Waals surface area (Å²) in [5, 5.41) is 4.46. The minimum Gasteiger partial charge on any atom is -0.342 e. The van der Waals surface area contributed by atoms with Crippen molar-refractivity contribution in [3.8, 4) is 0 Å². The van der Waals surface area contributed by atoms with Gasteiger partial charge in [-0.25, -0.2) is 13.6 Å². The molecular weight excluding hydrogens is 489 g/mol. The molecule has 3 heterocycles. The van der Waals surface area contributed by atoms with Crippen LogP contribution in [-0.2, 0) is 21.3 Å². The van der Waals surface area contributed by atoms with E-state index in [1.54, 1.807) is 11.8 Å². The molecule has 4 rings (SSSR count). The minimum atomic E-state index is -4.69. The summed E-state index contributed by atoms with van der Waals surface area (Å²) in [6.07, 6.45) is -2.83. The number of imide groups is 1. The number of nitrogens with one attached hydrogen (secondary N) is 2. The first kappa shape index (κ1) is 25.1. The Kier molecular flexibility index (Phi) is 6.41. The molecule has 2 aromatic rings.